The molecular formula is C17H27IN4O3. The molecule has 2 N–H and O–H groups in total. The molecule has 1 aliphatic rings. The average molecular weight is 462 g/mol. The van der Waals surface area contributed by atoms with Crippen LogP contribution in [0.25, 0.3) is 0 Å². The van der Waals surface area contributed by atoms with E-state index in [0.717, 1.165) is 44.0 Å². The van der Waals surface area contributed by atoms with Crippen molar-refractivity contribution >= 4 is 35.6 Å². The van der Waals surface area contributed by atoms with Crippen molar-refractivity contribution in [3.63, 3.8) is 0 Å². The lowest BCUT2D eigenvalue weighted by Crippen LogP contribution is -2.47. The van der Waals surface area contributed by atoms with Crippen LogP contribution in [0, 0.1) is 16.0 Å². The summed E-state index contributed by atoms with van der Waals surface area (Å²) >= 11 is 0. The standard InChI is InChI=1S/C17H26N4O3.HI/c1-13(2)11-18-17(20-9-7-16(22)8-10-20)19-12-14-3-5-15(6-4-14)21(23)24;/h3-6,13,16,22H,7-12H2,1-2H3,(H,18,19);1H. The first-order valence-corrected chi connectivity index (χ1v) is 8.40. The maximum atomic E-state index is 10.7. The monoisotopic (exact) mass is 462 g/mol. The van der Waals surface area contributed by atoms with E-state index >= 15 is 0 Å². The molecule has 0 aromatic heterocycles. The lowest BCUT2D eigenvalue weighted by molar-refractivity contribution is -0.384. The Kier molecular flexibility index (Phi) is 9.12. The molecule has 0 amide bonds. The van der Waals surface area contributed by atoms with Crippen molar-refractivity contribution in [2.75, 3.05) is 19.6 Å². The molecule has 0 saturated carbocycles. The van der Waals surface area contributed by atoms with Gasteiger partial charge in [0.25, 0.3) is 5.69 Å². The molecule has 1 aromatic rings. The number of aliphatic hydroxyl groups is 1. The SMILES string of the molecule is CC(C)CNC(=NCc1ccc([N+](=O)[O-])cc1)N1CCC(O)CC1.I. The summed E-state index contributed by atoms with van der Waals surface area (Å²) in [6, 6.07) is 6.48. The molecular weight excluding hydrogens is 435 g/mol. The first kappa shape index (κ1) is 21.6. The van der Waals surface area contributed by atoms with Gasteiger partial charge in [0.05, 0.1) is 17.6 Å². The van der Waals surface area contributed by atoms with Gasteiger partial charge in [-0.15, -0.1) is 24.0 Å². The number of nitrogens with one attached hydrogen (secondary N) is 1. The Morgan fingerprint density at radius 3 is 2.48 bits per heavy atom. The van der Waals surface area contributed by atoms with E-state index in [2.05, 4.69) is 29.1 Å². The Balaban J connectivity index is 0.00000312. The van der Waals surface area contributed by atoms with Gasteiger partial charge in [0.15, 0.2) is 5.96 Å². The van der Waals surface area contributed by atoms with Crippen LogP contribution >= 0.6 is 24.0 Å². The van der Waals surface area contributed by atoms with Gasteiger partial charge in [-0.1, -0.05) is 26.0 Å². The lowest BCUT2D eigenvalue weighted by atomic mass is 10.1. The van der Waals surface area contributed by atoms with Gasteiger partial charge in [-0.2, -0.15) is 0 Å². The third-order valence-corrected chi connectivity index (χ3v) is 3.99. The maximum absolute atomic E-state index is 10.7. The zero-order valence-electron chi connectivity index (χ0n) is 14.7. The number of halogens is 1. The number of hydrogen-bond acceptors (Lipinski definition) is 4. The van der Waals surface area contributed by atoms with Crippen LogP contribution in [0.1, 0.15) is 32.3 Å². The van der Waals surface area contributed by atoms with E-state index in [4.69, 9.17) is 0 Å². The molecule has 1 saturated heterocycles. The van der Waals surface area contributed by atoms with E-state index in [9.17, 15) is 15.2 Å². The van der Waals surface area contributed by atoms with Gasteiger partial charge >= 0.3 is 0 Å². The van der Waals surface area contributed by atoms with Crippen molar-refractivity contribution in [2.45, 2.75) is 39.3 Å². The fourth-order valence-corrected chi connectivity index (χ4v) is 2.53. The van der Waals surface area contributed by atoms with Gasteiger partial charge in [0, 0.05) is 31.8 Å². The Hall–Kier alpha value is -1.42. The van der Waals surface area contributed by atoms with Crippen LogP contribution in [0.5, 0.6) is 0 Å². The summed E-state index contributed by atoms with van der Waals surface area (Å²) in [5.74, 6) is 1.35. The number of non-ortho nitro benzene ring substituents is 1. The lowest BCUT2D eigenvalue weighted by Gasteiger charge is -2.32. The van der Waals surface area contributed by atoms with Crippen molar-refractivity contribution in [3.05, 3.63) is 39.9 Å². The summed E-state index contributed by atoms with van der Waals surface area (Å²) in [4.78, 5) is 17.1. The predicted molar refractivity (Wildman–Crippen MR) is 109 cm³/mol. The number of benzene rings is 1. The predicted octanol–water partition coefficient (Wildman–Crippen LogP) is 2.77. The Morgan fingerprint density at radius 2 is 1.96 bits per heavy atom. The number of nitro benzene ring substituents is 1. The highest BCUT2D eigenvalue weighted by atomic mass is 127. The molecule has 1 aliphatic heterocycles. The molecule has 0 spiro atoms. The highest BCUT2D eigenvalue weighted by Crippen LogP contribution is 2.14. The molecule has 7 nitrogen and oxygen atoms in total. The quantitative estimate of drug-likeness (QED) is 0.231. The summed E-state index contributed by atoms with van der Waals surface area (Å²) < 4.78 is 0. The van der Waals surface area contributed by atoms with Crippen molar-refractivity contribution in [1.82, 2.24) is 10.2 Å². The minimum absolute atomic E-state index is 0. The van der Waals surface area contributed by atoms with E-state index in [1.165, 1.54) is 12.1 Å². The zero-order valence-corrected chi connectivity index (χ0v) is 17.1. The summed E-state index contributed by atoms with van der Waals surface area (Å²) in [6.07, 6.45) is 1.28. The molecule has 0 unspecified atom stereocenters. The molecule has 0 bridgehead atoms. The molecule has 1 aromatic carbocycles. The minimum Gasteiger partial charge on any atom is -0.393 e. The van der Waals surface area contributed by atoms with Gasteiger partial charge in [-0.05, 0) is 24.3 Å². The maximum Gasteiger partial charge on any atom is 0.269 e. The van der Waals surface area contributed by atoms with Crippen LogP contribution in [0.3, 0.4) is 0 Å². The van der Waals surface area contributed by atoms with Crippen LogP contribution in [0.15, 0.2) is 29.3 Å². The summed E-state index contributed by atoms with van der Waals surface area (Å²) in [7, 11) is 0. The van der Waals surface area contributed by atoms with Gasteiger partial charge in [0.2, 0.25) is 0 Å². The summed E-state index contributed by atoms with van der Waals surface area (Å²) in [5, 5.41) is 23.8. The second-order valence-electron chi connectivity index (χ2n) is 6.56. The highest BCUT2D eigenvalue weighted by molar-refractivity contribution is 14.0. The van der Waals surface area contributed by atoms with E-state index < -0.39 is 4.92 Å². The van der Waals surface area contributed by atoms with Crippen LogP contribution in [0.2, 0.25) is 0 Å². The molecule has 0 atom stereocenters. The largest absolute Gasteiger partial charge is 0.393 e. The van der Waals surface area contributed by atoms with Gasteiger partial charge in [0.1, 0.15) is 0 Å². The van der Waals surface area contributed by atoms with Crippen molar-refractivity contribution in [3.8, 4) is 0 Å². The van der Waals surface area contributed by atoms with Gasteiger partial charge in [-0.25, -0.2) is 4.99 Å². The first-order valence-electron chi connectivity index (χ1n) is 8.40. The second-order valence-corrected chi connectivity index (χ2v) is 6.56. The smallest absolute Gasteiger partial charge is 0.269 e. The molecule has 1 heterocycles. The second kappa shape index (κ2) is 10.5. The number of rotatable bonds is 5. The normalized spacial score (nSPS) is 15.8. The Morgan fingerprint density at radius 1 is 1.36 bits per heavy atom. The van der Waals surface area contributed by atoms with Crippen LogP contribution in [-0.4, -0.2) is 46.6 Å². The highest BCUT2D eigenvalue weighted by Gasteiger charge is 2.20. The average Bonchev–Trinajstić information content (AvgIpc) is 2.56. The van der Waals surface area contributed by atoms with E-state index in [0.29, 0.717) is 12.5 Å². The third kappa shape index (κ3) is 7.15. The Labute approximate surface area is 165 Å². The first-order chi connectivity index (χ1) is 11.5. The van der Waals surface area contributed by atoms with Crippen molar-refractivity contribution in [2.24, 2.45) is 10.9 Å². The number of nitro groups is 1. The topological polar surface area (TPSA) is 91.0 Å². The van der Waals surface area contributed by atoms with E-state index in [1.54, 1.807) is 12.1 Å². The van der Waals surface area contributed by atoms with Gasteiger partial charge < -0.3 is 15.3 Å². The molecule has 2 rings (SSSR count). The number of guanidine groups is 1. The molecule has 1 fully saturated rings. The number of aliphatic hydroxyl groups excluding tert-OH is 1. The van der Waals surface area contributed by atoms with E-state index in [-0.39, 0.29) is 35.8 Å². The van der Waals surface area contributed by atoms with Crippen molar-refractivity contribution in [1.29, 1.82) is 0 Å². The molecule has 25 heavy (non-hydrogen) atoms. The molecule has 8 heteroatoms. The fourth-order valence-electron chi connectivity index (χ4n) is 2.53. The number of aliphatic imine (C=N–C) groups is 1. The summed E-state index contributed by atoms with van der Waals surface area (Å²) in [6.45, 7) is 7.15. The van der Waals surface area contributed by atoms with Gasteiger partial charge in [-0.3, -0.25) is 10.1 Å². The zero-order chi connectivity index (χ0) is 17.5. The van der Waals surface area contributed by atoms with Crippen LogP contribution in [-0.2, 0) is 6.54 Å². The van der Waals surface area contributed by atoms with Crippen molar-refractivity contribution < 1.29 is 10.0 Å². The summed E-state index contributed by atoms with van der Waals surface area (Å²) in [5.41, 5.74) is 1.02. The van der Waals surface area contributed by atoms with Crippen LogP contribution < -0.4 is 5.32 Å². The number of likely N-dealkylation sites (tertiary alicyclic amines) is 1. The Bertz CT molecular complexity index is 570. The molecule has 0 aliphatic carbocycles. The number of hydrogen-bond donors (Lipinski definition) is 2. The van der Waals surface area contributed by atoms with Crippen LogP contribution in [0.4, 0.5) is 5.69 Å². The number of piperidine rings is 1. The third-order valence-electron chi connectivity index (χ3n) is 3.99. The molecule has 0 radical (unpaired) electrons. The number of nitrogens with zero attached hydrogens (tertiary/aromatic N) is 3. The minimum atomic E-state index is -0.401. The van der Waals surface area contributed by atoms with E-state index in [1.807, 2.05) is 0 Å². The molecule has 140 valence electrons. The fraction of sp³-hybridized carbons (Fsp3) is 0.588.